The van der Waals surface area contributed by atoms with Crippen LogP contribution in [0.25, 0.3) is 0 Å². The summed E-state index contributed by atoms with van der Waals surface area (Å²) in [4.78, 5) is 17.6. The van der Waals surface area contributed by atoms with Crippen LogP contribution in [0, 0.1) is 5.92 Å². The number of anilines is 1. The van der Waals surface area contributed by atoms with Gasteiger partial charge in [0.1, 0.15) is 0 Å². The molecular formula is C18H27N3O4S. The first-order chi connectivity index (χ1) is 12.4. The second-order valence-electron chi connectivity index (χ2n) is 6.39. The number of allylic oxidation sites excluding steroid dienone is 1. The molecule has 0 saturated carbocycles. The minimum atomic E-state index is -3.50. The lowest BCUT2D eigenvalue weighted by Crippen LogP contribution is -2.36. The summed E-state index contributed by atoms with van der Waals surface area (Å²) in [6.07, 6.45) is 4.84. The molecule has 1 fully saturated rings. The number of rotatable bonds is 9. The van der Waals surface area contributed by atoms with Gasteiger partial charge in [-0.1, -0.05) is 13.0 Å². The van der Waals surface area contributed by atoms with Gasteiger partial charge < -0.3 is 11.1 Å². The number of amides is 1. The molecule has 0 aliphatic carbocycles. The van der Waals surface area contributed by atoms with Gasteiger partial charge in [-0.15, -0.1) is 6.58 Å². The molecule has 26 heavy (non-hydrogen) atoms. The average Bonchev–Trinajstić information content (AvgIpc) is 3.15. The summed E-state index contributed by atoms with van der Waals surface area (Å²) in [5.74, 6) is -0.372. The van der Waals surface area contributed by atoms with Gasteiger partial charge in [-0.3, -0.25) is 9.63 Å². The van der Waals surface area contributed by atoms with E-state index in [1.165, 1.54) is 25.1 Å². The molecule has 1 amide bonds. The fourth-order valence-corrected chi connectivity index (χ4v) is 4.09. The molecule has 0 radical (unpaired) electrons. The molecule has 1 saturated heterocycles. The van der Waals surface area contributed by atoms with E-state index in [0.29, 0.717) is 12.6 Å². The molecule has 0 spiro atoms. The molecule has 2 unspecified atom stereocenters. The van der Waals surface area contributed by atoms with E-state index in [1.54, 1.807) is 0 Å². The van der Waals surface area contributed by atoms with Gasteiger partial charge >= 0.3 is 0 Å². The number of benzene rings is 1. The molecule has 4 N–H and O–H groups in total. The number of sulfone groups is 1. The molecule has 8 heteroatoms. The van der Waals surface area contributed by atoms with E-state index in [9.17, 15) is 13.2 Å². The Kier molecular flexibility index (Phi) is 7.19. The van der Waals surface area contributed by atoms with Crippen molar-refractivity contribution in [1.82, 2.24) is 10.8 Å². The van der Waals surface area contributed by atoms with E-state index in [-0.39, 0.29) is 27.8 Å². The lowest BCUT2D eigenvalue weighted by molar-refractivity contribution is 0.0117. The van der Waals surface area contributed by atoms with Crippen molar-refractivity contribution in [3.8, 4) is 0 Å². The topological polar surface area (TPSA) is 111 Å². The van der Waals surface area contributed by atoms with E-state index in [1.807, 2.05) is 6.08 Å². The smallest absolute Gasteiger partial charge is 0.274 e. The second kappa shape index (κ2) is 9.16. The normalized spacial score (nSPS) is 18.4. The van der Waals surface area contributed by atoms with Crippen molar-refractivity contribution >= 4 is 21.4 Å². The molecule has 1 aliphatic rings. The summed E-state index contributed by atoms with van der Waals surface area (Å²) in [6.45, 7) is 6.64. The predicted molar refractivity (Wildman–Crippen MR) is 101 cm³/mol. The van der Waals surface area contributed by atoms with Crippen molar-refractivity contribution in [2.75, 3.05) is 24.6 Å². The fourth-order valence-electron chi connectivity index (χ4n) is 3.05. The van der Waals surface area contributed by atoms with E-state index < -0.39 is 15.7 Å². The Balaban J connectivity index is 1.99. The van der Waals surface area contributed by atoms with Crippen LogP contribution < -0.4 is 16.5 Å². The standard InChI is InChI=1S/C18H27N3O4S/c1-3-6-14(16-7-5-10-20-16)12-25-21-18(22)13-8-9-15(19)17(11-13)26(23,24)4-2/h3,8-9,11,14,16,20H,1,4-7,10,12,19H2,2H3,(H,21,22). The van der Waals surface area contributed by atoms with E-state index in [2.05, 4.69) is 17.4 Å². The van der Waals surface area contributed by atoms with Crippen LogP contribution >= 0.6 is 0 Å². The summed E-state index contributed by atoms with van der Waals surface area (Å²) < 4.78 is 24.1. The summed E-state index contributed by atoms with van der Waals surface area (Å²) in [6, 6.07) is 4.53. The fraction of sp³-hybridized carbons (Fsp3) is 0.500. The van der Waals surface area contributed by atoms with Crippen LogP contribution in [-0.4, -0.2) is 39.3 Å². The van der Waals surface area contributed by atoms with Gasteiger partial charge in [0.2, 0.25) is 0 Å². The Bertz CT molecular complexity index is 743. The first-order valence-electron chi connectivity index (χ1n) is 8.77. The number of hydrogen-bond acceptors (Lipinski definition) is 6. The van der Waals surface area contributed by atoms with Crippen LogP contribution in [-0.2, 0) is 14.7 Å². The molecule has 2 atom stereocenters. The van der Waals surface area contributed by atoms with Crippen LogP contribution in [0.3, 0.4) is 0 Å². The van der Waals surface area contributed by atoms with Gasteiger partial charge in [0.05, 0.1) is 22.9 Å². The maximum absolute atomic E-state index is 12.3. The van der Waals surface area contributed by atoms with Gasteiger partial charge in [0.25, 0.3) is 5.91 Å². The second-order valence-corrected chi connectivity index (χ2v) is 8.63. The van der Waals surface area contributed by atoms with Crippen molar-refractivity contribution < 1.29 is 18.0 Å². The number of nitrogen functional groups attached to an aromatic ring is 1. The Morgan fingerprint density at radius 3 is 2.92 bits per heavy atom. The number of nitrogens with two attached hydrogens (primary N) is 1. The average molecular weight is 381 g/mol. The highest BCUT2D eigenvalue weighted by Crippen LogP contribution is 2.22. The lowest BCUT2D eigenvalue weighted by atomic mass is 9.96. The highest BCUT2D eigenvalue weighted by atomic mass is 32.2. The third kappa shape index (κ3) is 5.06. The van der Waals surface area contributed by atoms with Gasteiger partial charge in [0.15, 0.2) is 9.84 Å². The van der Waals surface area contributed by atoms with Gasteiger partial charge in [0, 0.05) is 17.5 Å². The first-order valence-corrected chi connectivity index (χ1v) is 10.4. The van der Waals surface area contributed by atoms with Crippen LogP contribution in [0.15, 0.2) is 35.7 Å². The van der Waals surface area contributed by atoms with Crippen LogP contribution in [0.4, 0.5) is 5.69 Å². The molecule has 1 aliphatic heterocycles. The Labute approximate surface area is 154 Å². The van der Waals surface area contributed by atoms with Crippen molar-refractivity contribution in [2.45, 2.75) is 37.1 Å². The molecule has 1 aromatic rings. The third-order valence-electron chi connectivity index (χ3n) is 4.59. The molecule has 0 bridgehead atoms. The van der Waals surface area contributed by atoms with Crippen molar-refractivity contribution in [3.05, 3.63) is 36.4 Å². The summed E-state index contributed by atoms with van der Waals surface area (Å²) >= 11 is 0. The zero-order valence-corrected chi connectivity index (χ0v) is 15.8. The van der Waals surface area contributed by atoms with E-state index in [0.717, 1.165) is 25.8 Å². The number of hydrogen-bond donors (Lipinski definition) is 3. The number of nitrogens with one attached hydrogen (secondary N) is 2. The van der Waals surface area contributed by atoms with Crippen molar-refractivity contribution in [2.24, 2.45) is 5.92 Å². The largest absolute Gasteiger partial charge is 0.398 e. The highest BCUT2D eigenvalue weighted by Gasteiger charge is 2.24. The zero-order chi connectivity index (χ0) is 19.2. The minimum absolute atomic E-state index is 0.0349. The molecule has 1 aromatic carbocycles. The Hall–Kier alpha value is -1.90. The van der Waals surface area contributed by atoms with E-state index in [4.69, 9.17) is 10.6 Å². The quantitative estimate of drug-likeness (QED) is 0.341. The molecule has 0 aromatic heterocycles. The summed E-state index contributed by atoms with van der Waals surface area (Å²) in [7, 11) is -3.50. The van der Waals surface area contributed by atoms with Crippen LogP contribution in [0.2, 0.25) is 0 Å². The third-order valence-corrected chi connectivity index (χ3v) is 6.37. The van der Waals surface area contributed by atoms with E-state index >= 15 is 0 Å². The Morgan fingerprint density at radius 1 is 1.54 bits per heavy atom. The molecular weight excluding hydrogens is 354 g/mol. The maximum Gasteiger partial charge on any atom is 0.274 e. The van der Waals surface area contributed by atoms with Gasteiger partial charge in [-0.05, 0) is 44.0 Å². The van der Waals surface area contributed by atoms with Gasteiger partial charge in [-0.2, -0.15) is 0 Å². The van der Waals surface area contributed by atoms with Crippen molar-refractivity contribution in [3.63, 3.8) is 0 Å². The Morgan fingerprint density at radius 2 is 2.31 bits per heavy atom. The molecule has 7 nitrogen and oxygen atoms in total. The zero-order valence-electron chi connectivity index (χ0n) is 15.0. The SMILES string of the molecule is C=CCC(CONC(=O)c1ccc(N)c(S(=O)(=O)CC)c1)C1CCCN1. The number of carbonyl (C=O) groups is 1. The molecule has 144 valence electrons. The predicted octanol–water partition coefficient (Wildman–Crippen LogP) is 1.67. The summed E-state index contributed by atoms with van der Waals surface area (Å²) in [5.41, 5.74) is 8.44. The summed E-state index contributed by atoms with van der Waals surface area (Å²) in [5, 5.41) is 3.43. The van der Waals surface area contributed by atoms with Crippen LogP contribution in [0.1, 0.15) is 36.5 Å². The maximum atomic E-state index is 12.3. The first kappa shape index (κ1) is 20.4. The number of hydroxylamine groups is 1. The molecule has 1 heterocycles. The monoisotopic (exact) mass is 381 g/mol. The van der Waals surface area contributed by atoms with Crippen LogP contribution in [0.5, 0.6) is 0 Å². The van der Waals surface area contributed by atoms with Gasteiger partial charge in [-0.25, -0.2) is 13.9 Å². The van der Waals surface area contributed by atoms with Crippen molar-refractivity contribution in [1.29, 1.82) is 0 Å². The molecule has 2 rings (SSSR count). The number of carbonyl (C=O) groups excluding carboxylic acids is 1. The lowest BCUT2D eigenvalue weighted by Gasteiger charge is -2.22. The minimum Gasteiger partial charge on any atom is -0.398 e. The highest BCUT2D eigenvalue weighted by molar-refractivity contribution is 7.91.